The number of hydrogen-bond donors (Lipinski definition) is 1. The molecule has 0 spiro atoms. The van der Waals surface area contributed by atoms with Gasteiger partial charge in [0.15, 0.2) is 0 Å². The number of allylic oxidation sites excluding steroid dienone is 1. The van der Waals surface area contributed by atoms with E-state index in [-0.39, 0.29) is 23.9 Å². The average Bonchev–Trinajstić information content (AvgIpc) is 2.46. The molecule has 102 valence electrons. The third kappa shape index (κ3) is 2.65. The number of nitrogens with one attached hydrogen (secondary N) is 1. The van der Waals surface area contributed by atoms with Crippen LogP contribution in [0.4, 0.5) is 5.69 Å². The van der Waals surface area contributed by atoms with Gasteiger partial charge >= 0.3 is 0 Å². The summed E-state index contributed by atoms with van der Waals surface area (Å²) in [7, 11) is 0. The van der Waals surface area contributed by atoms with Crippen LogP contribution < -0.4 is 5.32 Å². The monoisotopic (exact) mass is 289 g/mol. The van der Waals surface area contributed by atoms with Gasteiger partial charge in [-0.15, -0.1) is 11.8 Å². The molecule has 1 atom stereocenters. The molecule has 1 heterocycles. The first kappa shape index (κ1) is 14.1. The van der Waals surface area contributed by atoms with E-state index in [1.54, 1.807) is 18.4 Å². The Labute approximate surface area is 119 Å². The lowest BCUT2D eigenvalue weighted by atomic mass is 9.87. The molecule has 1 N–H and O–H groups in total. The van der Waals surface area contributed by atoms with E-state index in [0.29, 0.717) is 10.6 Å². The molecule has 0 aliphatic carbocycles. The Morgan fingerprint density at radius 2 is 2.10 bits per heavy atom. The van der Waals surface area contributed by atoms with E-state index in [4.69, 9.17) is 0 Å². The molecule has 0 saturated carbocycles. The molecule has 2 rings (SSSR count). The van der Waals surface area contributed by atoms with Crippen LogP contribution in [-0.2, 0) is 4.79 Å². The number of amides is 1. The molecule has 1 aliphatic heterocycles. The van der Waals surface area contributed by atoms with Crippen molar-refractivity contribution >= 4 is 23.4 Å². The van der Waals surface area contributed by atoms with E-state index >= 15 is 0 Å². The fraction of sp³-hybridized carbons (Fsp3) is 0.231. The lowest BCUT2D eigenvalue weighted by Crippen LogP contribution is -2.30. The zero-order valence-corrected chi connectivity index (χ0v) is 11.4. The molecule has 6 nitrogen and oxygen atoms in total. The standard InChI is InChI=1S/C13H11N3O3S/c1-20-13-11(7-14)10(6-12(17)15-13)8-2-4-9(5-3-8)16(18)19/h2-5,10H,6H2,1H3,(H,15,17). The van der Waals surface area contributed by atoms with Gasteiger partial charge in [-0.3, -0.25) is 14.9 Å². The van der Waals surface area contributed by atoms with Crippen LogP contribution in [0, 0.1) is 21.4 Å². The minimum atomic E-state index is -0.480. The SMILES string of the molecule is CSC1=C(C#N)C(c2ccc([N+](=O)[O-])cc2)CC(=O)N1. The van der Waals surface area contributed by atoms with Gasteiger partial charge in [0.2, 0.25) is 5.91 Å². The van der Waals surface area contributed by atoms with Crippen molar-refractivity contribution in [2.24, 2.45) is 0 Å². The number of nitro groups is 1. The average molecular weight is 289 g/mol. The summed E-state index contributed by atoms with van der Waals surface area (Å²) in [5.41, 5.74) is 1.21. The fourth-order valence-electron chi connectivity index (χ4n) is 2.09. The lowest BCUT2D eigenvalue weighted by Gasteiger charge is -2.24. The van der Waals surface area contributed by atoms with E-state index in [9.17, 15) is 20.2 Å². The molecule has 7 heteroatoms. The predicted octanol–water partition coefficient (Wildman–Crippen LogP) is 2.30. The summed E-state index contributed by atoms with van der Waals surface area (Å²) in [4.78, 5) is 21.8. The zero-order chi connectivity index (χ0) is 14.7. The van der Waals surface area contributed by atoms with Crippen molar-refractivity contribution in [3.8, 4) is 6.07 Å². The summed E-state index contributed by atoms with van der Waals surface area (Å²) in [5.74, 6) is -0.506. The molecule has 1 unspecified atom stereocenters. The van der Waals surface area contributed by atoms with Gasteiger partial charge in [0.05, 0.1) is 21.6 Å². The van der Waals surface area contributed by atoms with Crippen LogP contribution in [0.2, 0.25) is 0 Å². The van der Waals surface area contributed by atoms with Gasteiger partial charge in [-0.2, -0.15) is 5.26 Å². The second-order valence-electron chi connectivity index (χ2n) is 4.21. The number of benzene rings is 1. The first-order valence-electron chi connectivity index (χ1n) is 5.79. The van der Waals surface area contributed by atoms with Crippen LogP contribution in [0.15, 0.2) is 34.9 Å². The first-order chi connectivity index (χ1) is 9.56. The second kappa shape index (κ2) is 5.75. The van der Waals surface area contributed by atoms with Crippen molar-refractivity contribution in [2.45, 2.75) is 12.3 Å². The van der Waals surface area contributed by atoms with Crippen LogP contribution in [-0.4, -0.2) is 17.1 Å². The van der Waals surface area contributed by atoms with Crippen LogP contribution in [0.5, 0.6) is 0 Å². The summed E-state index contributed by atoms with van der Waals surface area (Å²) < 4.78 is 0. The van der Waals surface area contributed by atoms with Crippen molar-refractivity contribution in [2.75, 3.05) is 6.26 Å². The molecule has 0 saturated heterocycles. The van der Waals surface area contributed by atoms with Crippen molar-refractivity contribution in [3.63, 3.8) is 0 Å². The Bertz CT molecular complexity index is 631. The number of carbonyl (C=O) groups is 1. The van der Waals surface area contributed by atoms with Gasteiger partial charge in [-0.05, 0) is 11.8 Å². The Morgan fingerprint density at radius 3 is 2.60 bits per heavy atom. The van der Waals surface area contributed by atoms with E-state index in [1.807, 2.05) is 0 Å². The summed E-state index contributed by atoms with van der Waals surface area (Å²) in [5, 5.41) is 23.1. The highest BCUT2D eigenvalue weighted by atomic mass is 32.2. The van der Waals surface area contributed by atoms with E-state index in [0.717, 1.165) is 5.56 Å². The molecular formula is C13H11N3O3S. The number of non-ortho nitro benzene ring substituents is 1. The lowest BCUT2D eigenvalue weighted by molar-refractivity contribution is -0.384. The highest BCUT2D eigenvalue weighted by molar-refractivity contribution is 8.02. The molecule has 0 fully saturated rings. The first-order valence-corrected chi connectivity index (χ1v) is 7.01. The normalized spacial score (nSPS) is 18.4. The maximum absolute atomic E-state index is 11.7. The quantitative estimate of drug-likeness (QED) is 0.680. The highest BCUT2D eigenvalue weighted by Crippen LogP contribution is 2.35. The second-order valence-corrected chi connectivity index (χ2v) is 5.03. The summed E-state index contributed by atoms with van der Waals surface area (Å²) in [6.07, 6.45) is 1.95. The number of carbonyl (C=O) groups excluding carboxylic acids is 1. The van der Waals surface area contributed by atoms with Gasteiger partial charge in [0.25, 0.3) is 5.69 Å². The number of nitriles is 1. The molecule has 20 heavy (non-hydrogen) atoms. The molecule has 1 aliphatic rings. The van der Waals surface area contributed by atoms with Crippen molar-refractivity contribution in [1.82, 2.24) is 5.32 Å². The minimum absolute atomic E-state index is 0.0124. The van der Waals surface area contributed by atoms with Crippen molar-refractivity contribution in [1.29, 1.82) is 5.26 Å². The van der Waals surface area contributed by atoms with Crippen LogP contribution in [0.25, 0.3) is 0 Å². The van der Waals surface area contributed by atoms with Gasteiger partial charge in [0, 0.05) is 24.5 Å². The third-order valence-electron chi connectivity index (χ3n) is 3.07. The van der Waals surface area contributed by atoms with Crippen molar-refractivity contribution in [3.05, 3.63) is 50.5 Å². The Kier molecular flexibility index (Phi) is 4.05. The van der Waals surface area contributed by atoms with E-state index < -0.39 is 4.92 Å². The van der Waals surface area contributed by atoms with Crippen LogP contribution >= 0.6 is 11.8 Å². The molecule has 0 aromatic heterocycles. The van der Waals surface area contributed by atoms with Gasteiger partial charge in [-0.1, -0.05) is 12.1 Å². The number of rotatable bonds is 3. The Morgan fingerprint density at radius 1 is 1.45 bits per heavy atom. The fourth-order valence-corrected chi connectivity index (χ4v) is 2.72. The topological polar surface area (TPSA) is 96.0 Å². The third-order valence-corrected chi connectivity index (χ3v) is 3.80. The smallest absolute Gasteiger partial charge is 0.269 e. The van der Waals surface area contributed by atoms with Crippen LogP contribution in [0.1, 0.15) is 17.9 Å². The molecule has 1 aromatic carbocycles. The number of thioether (sulfide) groups is 1. The summed E-state index contributed by atoms with van der Waals surface area (Å²) >= 11 is 1.31. The van der Waals surface area contributed by atoms with Gasteiger partial charge in [-0.25, -0.2) is 0 Å². The summed E-state index contributed by atoms with van der Waals surface area (Å²) in [6, 6.07) is 8.08. The van der Waals surface area contributed by atoms with Gasteiger partial charge in [0.1, 0.15) is 0 Å². The number of nitrogens with zero attached hydrogens (tertiary/aromatic N) is 2. The predicted molar refractivity (Wildman–Crippen MR) is 74.8 cm³/mol. The Hall–Kier alpha value is -2.33. The molecule has 1 aromatic rings. The molecule has 1 amide bonds. The maximum atomic E-state index is 11.7. The Balaban J connectivity index is 2.42. The number of hydrogen-bond acceptors (Lipinski definition) is 5. The van der Waals surface area contributed by atoms with Crippen LogP contribution in [0.3, 0.4) is 0 Å². The molecule has 0 radical (unpaired) electrons. The molecular weight excluding hydrogens is 278 g/mol. The zero-order valence-electron chi connectivity index (χ0n) is 10.6. The highest BCUT2D eigenvalue weighted by Gasteiger charge is 2.29. The number of nitro benzene ring substituents is 1. The molecule has 0 bridgehead atoms. The maximum Gasteiger partial charge on any atom is 0.269 e. The van der Waals surface area contributed by atoms with Crippen molar-refractivity contribution < 1.29 is 9.72 Å². The summed E-state index contributed by atoms with van der Waals surface area (Å²) in [6.45, 7) is 0. The van der Waals surface area contributed by atoms with E-state index in [2.05, 4.69) is 11.4 Å². The largest absolute Gasteiger partial charge is 0.320 e. The van der Waals surface area contributed by atoms with E-state index in [1.165, 1.54) is 23.9 Å². The minimum Gasteiger partial charge on any atom is -0.320 e. The van der Waals surface area contributed by atoms with Gasteiger partial charge < -0.3 is 5.32 Å².